The van der Waals surface area contributed by atoms with Crippen molar-refractivity contribution in [2.45, 2.75) is 45.6 Å². The lowest BCUT2D eigenvalue weighted by atomic mass is 9.73. The SMILES string of the molecule is CC(=O)NCCC(=O)N1CCC[C@]2(CCC(=O)N(Cc3ccccc3)C2)C1. The molecule has 0 radical (unpaired) electrons. The summed E-state index contributed by atoms with van der Waals surface area (Å²) in [7, 11) is 0. The van der Waals surface area contributed by atoms with Crippen LogP contribution in [0.4, 0.5) is 0 Å². The highest BCUT2D eigenvalue weighted by Gasteiger charge is 2.42. The Labute approximate surface area is 160 Å². The fraction of sp³-hybridized carbons (Fsp3) is 0.571. The second kappa shape index (κ2) is 8.55. The first-order valence-corrected chi connectivity index (χ1v) is 9.81. The number of carbonyl (C=O) groups is 3. The molecule has 27 heavy (non-hydrogen) atoms. The van der Waals surface area contributed by atoms with Crippen LogP contribution < -0.4 is 5.32 Å². The Morgan fingerprint density at radius 2 is 1.93 bits per heavy atom. The van der Waals surface area contributed by atoms with Crippen molar-refractivity contribution in [2.75, 3.05) is 26.2 Å². The van der Waals surface area contributed by atoms with E-state index in [1.807, 2.05) is 40.1 Å². The highest BCUT2D eigenvalue weighted by atomic mass is 16.2. The fourth-order valence-electron chi connectivity index (χ4n) is 4.31. The predicted octanol–water partition coefficient (Wildman–Crippen LogP) is 1.94. The first-order valence-electron chi connectivity index (χ1n) is 9.81. The molecule has 0 bridgehead atoms. The van der Waals surface area contributed by atoms with Gasteiger partial charge in [0.05, 0.1) is 0 Å². The van der Waals surface area contributed by atoms with E-state index >= 15 is 0 Å². The molecule has 2 heterocycles. The smallest absolute Gasteiger partial charge is 0.224 e. The van der Waals surface area contributed by atoms with Gasteiger partial charge in [0.2, 0.25) is 17.7 Å². The van der Waals surface area contributed by atoms with Gasteiger partial charge in [0.25, 0.3) is 0 Å². The van der Waals surface area contributed by atoms with Crippen molar-refractivity contribution in [1.29, 1.82) is 0 Å². The Bertz CT molecular complexity index is 691. The molecule has 2 fully saturated rings. The Morgan fingerprint density at radius 1 is 1.15 bits per heavy atom. The summed E-state index contributed by atoms with van der Waals surface area (Å²) in [5, 5.41) is 2.69. The number of hydrogen-bond donors (Lipinski definition) is 1. The average molecular weight is 371 g/mol. The number of nitrogens with one attached hydrogen (secondary N) is 1. The summed E-state index contributed by atoms with van der Waals surface area (Å²) >= 11 is 0. The Hall–Kier alpha value is -2.37. The van der Waals surface area contributed by atoms with Crippen LogP contribution in [0.15, 0.2) is 30.3 Å². The summed E-state index contributed by atoms with van der Waals surface area (Å²) in [6.07, 6.45) is 3.77. The van der Waals surface area contributed by atoms with Crippen molar-refractivity contribution < 1.29 is 14.4 Å². The van der Waals surface area contributed by atoms with Gasteiger partial charge < -0.3 is 15.1 Å². The molecule has 146 valence electrons. The van der Waals surface area contributed by atoms with E-state index in [2.05, 4.69) is 5.32 Å². The van der Waals surface area contributed by atoms with Gasteiger partial charge in [-0.05, 0) is 24.8 Å². The number of piperidine rings is 2. The monoisotopic (exact) mass is 371 g/mol. The van der Waals surface area contributed by atoms with Gasteiger partial charge in [-0.3, -0.25) is 14.4 Å². The van der Waals surface area contributed by atoms with Gasteiger partial charge in [0.1, 0.15) is 0 Å². The summed E-state index contributed by atoms with van der Waals surface area (Å²) in [4.78, 5) is 39.9. The first kappa shape index (κ1) is 19.4. The van der Waals surface area contributed by atoms with Crippen molar-refractivity contribution in [3.05, 3.63) is 35.9 Å². The van der Waals surface area contributed by atoms with E-state index in [9.17, 15) is 14.4 Å². The van der Waals surface area contributed by atoms with Crippen molar-refractivity contribution in [3.8, 4) is 0 Å². The van der Waals surface area contributed by atoms with Gasteiger partial charge in [-0.2, -0.15) is 0 Å². The topological polar surface area (TPSA) is 69.7 Å². The molecule has 0 saturated carbocycles. The summed E-state index contributed by atoms with van der Waals surface area (Å²) in [5.41, 5.74) is 1.15. The third-order valence-corrected chi connectivity index (χ3v) is 5.69. The number of benzene rings is 1. The van der Waals surface area contributed by atoms with Crippen LogP contribution in [-0.4, -0.2) is 53.7 Å². The molecule has 2 aliphatic heterocycles. The number of carbonyl (C=O) groups excluding carboxylic acids is 3. The van der Waals surface area contributed by atoms with Crippen molar-refractivity contribution in [3.63, 3.8) is 0 Å². The molecule has 1 aromatic rings. The van der Waals surface area contributed by atoms with E-state index in [0.717, 1.165) is 37.9 Å². The molecule has 6 heteroatoms. The maximum Gasteiger partial charge on any atom is 0.224 e. The fourth-order valence-corrected chi connectivity index (χ4v) is 4.31. The summed E-state index contributed by atoms with van der Waals surface area (Å²) < 4.78 is 0. The van der Waals surface area contributed by atoms with Crippen LogP contribution in [0.25, 0.3) is 0 Å². The summed E-state index contributed by atoms with van der Waals surface area (Å²) in [6.45, 7) is 4.68. The van der Waals surface area contributed by atoms with Crippen molar-refractivity contribution in [2.24, 2.45) is 5.41 Å². The maximum absolute atomic E-state index is 12.5. The van der Waals surface area contributed by atoms with Gasteiger partial charge >= 0.3 is 0 Å². The lowest BCUT2D eigenvalue weighted by molar-refractivity contribution is -0.143. The summed E-state index contributed by atoms with van der Waals surface area (Å²) in [5.74, 6) is 0.188. The van der Waals surface area contributed by atoms with E-state index in [-0.39, 0.29) is 23.1 Å². The van der Waals surface area contributed by atoms with Crippen LogP contribution in [0.1, 0.15) is 44.6 Å². The minimum Gasteiger partial charge on any atom is -0.356 e. The number of nitrogens with zero attached hydrogens (tertiary/aromatic N) is 2. The van der Waals surface area contributed by atoms with Gasteiger partial charge in [-0.25, -0.2) is 0 Å². The molecule has 1 aromatic carbocycles. The molecule has 0 aromatic heterocycles. The zero-order chi connectivity index (χ0) is 19.3. The molecule has 2 saturated heterocycles. The van der Waals surface area contributed by atoms with E-state index in [1.165, 1.54) is 6.92 Å². The Morgan fingerprint density at radius 3 is 2.67 bits per heavy atom. The van der Waals surface area contributed by atoms with Crippen LogP contribution in [0.5, 0.6) is 0 Å². The quantitative estimate of drug-likeness (QED) is 0.860. The molecule has 0 unspecified atom stereocenters. The molecule has 0 aliphatic carbocycles. The highest BCUT2D eigenvalue weighted by Crippen LogP contribution is 2.39. The van der Waals surface area contributed by atoms with Crippen LogP contribution in [0.3, 0.4) is 0 Å². The lowest BCUT2D eigenvalue weighted by Gasteiger charge is -2.48. The predicted molar refractivity (Wildman–Crippen MR) is 103 cm³/mol. The molecular weight excluding hydrogens is 342 g/mol. The van der Waals surface area contributed by atoms with Crippen LogP contribution in [0, 0.1) is 5.41 Å². The zero-order valence-corrected chi connectivity index (χ0v) is 16.1. The van der Waals surface area contributed by atoms with E-state index < -0.39 is 0 Å². The molecule has 3 rings (SSSR count). The van der Waals surface area contributed by atoms with Crippen molar-refractivity contribution in [1.82, 2.24) is 15.1 Å². The molecule has 2 aliphatic rings. The molecule has 1 spiro atoms. The largest absolute Gasteiger partial charge is 0.356 e. The van der Waals surface area contributed by atoms with Crippen LogP contribution in [-0.2, 0) is 20.9 Å². The van der Waals surface area contributed by atoms with Gasteiger partial charge in [-0.1, -0.05) is 30.3 Å². The normalized spacial score (nSPS) is 22.8. The minimum atomic E-state index is -0.111. The van der Waals surface area contributed by atoms with E-state index in [4.69, 9.17) is 0 Å². The van der Waals surface area contributed by atoms with Gasteiger partial charge in [0, 0.05) is 57.9 Å². The van der Waals surface area contributed by atoms with Gasteiger partial charge in [-0.15, -0.1) is 0 Å². The molecule has 1 N–H and O–H groups in total. The number of rotatable bonds is 5. The average Bonchev–Trinajstić information content (AvgIpc) is 2.65. The zero-order valence-electron chi connectivity index (χ0n) is 16.1. The third kappa shape index (κ3) is 5.08. The second-order valence-corrected chi connectivity index (χ2v) is 7.89. The van der Waals surface area contributed by atoms with Crippen LogP contribution in [0.2, 0.25) is 0 Å². The van der Waals surface area contributed by atoms with E-state index in [1.54, 1.807) is 0 Å². The van der Waals surface area contributed by atoms with Crippen molar-refractivity contribution >= 4 is 17.7 Å². The number of hydrogen-bond acceptors (Lipinski definition) is 3. The first-order chi connectivity index (χ1) is 13.0. The lowest BCUT2D eigenvalue weighted by Crippen LogP contribution is -2.55. The van der Waals surface area contributed by atoms with Gasteiger partial charge in [0.15, 0.2) is 0 Å². The molecular formula is C21H29N3O3. The molecule has 1 atom stereocenters. The second-order valence-electron chi connectivity index (χ2n) is 7.89. The van der Waals surface area contributed by atoms with E-state index in [0.29, 0.717) is 32.5 Å². The Kier molecular flexibility index (Phi) is 6.14. The standard InChI is InChI=1S/C21H29N3O3/c1-17(25)22-12-9-20(27)23-13-5-10-21(15-23)11-8-19(26)24(16-21)14-18-6-3-2-4-7-18/h2-4,6-7H,5,8-16H2,1H3,(H,22,25)/t21-/m0/s1. The number of likely N-dealkylation sites (tertiary alicyclic amines) is 2. The summed E-state index contributed by atoms with van der Waals surface area (Å²) in [6, 6.07) is 10.1. The number of amides is 3. The third-order valence-electron chi connectivity index (χ3n) is 5.69. The highest BCUT2D eigenvalue weighted by molar-refractivity contribution is 5.79. The van der Waals surface area contributed by atoms with Crippen LogP contribution >= 0.6 is 0 Å². The molecule has 6 nitrogen and oxygen atoms in total. The Balaban J connectivity index is 1.61. The molecule has 3 amide bonds. The minimum absolute atomic E-state index is 0.00457. The maximum atomic E-state index is 12.5.